The van der Waals surface area contributed by atoms with Crippen LogP contribution in [0.25, 0.3) is 0 Å². The molecule has 30 heavy (non-hydrogen) atoms. The second-order valence-corrected chi connectivity index (χ2v) is 6.84. The molecule has 0 aliphatic heterocycles. The summed E-state index contributed by atoms with van der Waals surface area (Å²) in [6.45, 7) is 3.13. The van der Waals surface area contributed by atoms with E-state index in [-0.39, 0.29) is 17.2 Å². The molecule has 0 bridgehead atoms. The third kappa shape index (κ3) is 6.51. The van der Waals surface area contributed by atoms with Crippen molar-refractivity contribution >= 4 is 29.0 Å². The Morgan fingerprint density at radius 2 is 1.70 bits per heavy atom. The number of benzene rings is 2. The molecule has 1 amide bonds. The van der Waals surface area contributed by atoms with Gasteiger partial charge in [0.2, 0.25) is 5.91 Å². The number of rotatable bonds is 10. The molecule has 0 aliphatic rings. The molecule has 0 atom stereocenters. The lowest BCUT2D eigenvalue weighted by Gasteiger charge is -2.07. The minimum atomic E-state index is -0.817. The summed E-state index contributed by atoms with van der Waals surface area (Å²) in [7, 11) is 0. The Hall–Kier alpha value is -3.55. The number of esters is 1. The maximum absolute atomic E-state index is 12.2. The third-order valence-electron chi connectivity index (χ3n) is 4.47. The lowest BCUT2D eigenvalue weighted by atomic mass is 10.1. The van der Waals surface area contributed by atoms with Gasteiger partial charge in [0.05, 0.1) is 10.5 Å². The Morgan fingerprint density at radius 3 is 2.33 bits per heavy atom. The van der Waals surface area contributed by atoms with E-state index in [0.29, 0.717) is 23.2 Å². The van der Waals surface area contributed by atoms with Crippen LogP contribution in [0.1, 0.15) is 58.9 Å². The van der Waals surface area contributed by atoms with Gasteiger partial charge in [-0.3, -0.25) is 19.7 Å². The number of carbonyl (C=O) groups excluding carboxylic acids is 3. The Morgan fingerprint density at radius 1 is 1.03 bits per heavy atom. The zero-order valence-electron chi connectivity index (χ0n) is 17.0. The fourth-order valence-corrected chi connectivity index (χ4v) is 2.73. The van der Waals surface area contributed by atoms with Crippen LogP contribution in [0.5, 0.6) is 0 Å². The second kappa shape index (κ2) is 10.8. The van der Waals surface area contributed by atoms with E-state index in [4.69, 9.17) is 4.74 Å². The van der Waals surface area contributed by atoms with Crippen molar-refractivity contribution in [2.24, 2.45) is 0 Å². The first-order valence-electron chi connectivity index (χ1n) is 9.67. The molecule has 0 aromatic heterocycles. The van der Waals surface area contributed by atoms with Gasteiger partial charge in [-0.15, -0.1) is 0 Å². The number of nitrogens with one attached hydrogen (secondary N) is 1. The summed E-state index contributed by atoms with van der Waals surface area (Å²) < 4.78 is 4.99. The lowest BCUT2D eigenvalue weighted by Crippen LogP contribution is -2.15. The number of unbranched alkanes of at least 4 members (excludes halogenated alkanes) is 2. The summed E-state index contributed by atoms with van der Waals surface area (Å²) in [5, 5.41) is 13.7. The number of carbonyl (C=O) groups is 3. The highest BCUT2D eigenvalue weighted by Crippen LogP contribution is 2.20. The minimum absolute atomic E-state index is 0.00114. The maximum atomic E-state index is 12.2. The van der Waals surface area contributed by atoms with Gasteiger partial charge in [0.1, 0.15) is 0 Å². The van der Waals surface area contributed by atoms with Crippen LogP contribution in [-0.4, -0.2) is 29.2 Å². The van der Waals surface area contributed by atoms with Crippen molar-refractivity contribution in [3.8, 4) is 0 Å². The molecular weight excluding hydrogens is 388 g/mol. The first kappa shape index (κ1) is 22.7. The van der Waals surface area contributed by atoms with Crippen molar-refractivity contribution in [1.29, 1.82) is 0 Å². The van der Waals surface area contributed by atoms with E-state index in [2.05, 4.69) is 12.2 Å². The van der Waals surface area contributed by atoms with Gasteiger partial charge < -0.3 is 10.1 Å². The summed E-state index contributed by atoms with van der Waals surface area (Å²) in [4.78, 5) is 46.6. The first-order valence-corrected chi connectivity index (χ1v) is 9.67. The molecular formula is C22H24N2O6. The predicted molar refractivity (Wildman–Crippen MR) is 112 cm³/mol. The zero-order valence-corrected chi connectivity index (χ0v) is 17.0. The highest BCUT2D eigenvalue weighted by molar-refractivity contribution is 6.00. The number of anilines is 1. The van der Waals surface area contributed by atoms with E-state index in [1.807, 2.05) is 0 Å². The van der Waals surface area contributed by atoms with Crippen LogP contribution in [0, 0.1) is 17.0 Å². The fraction of sp³-hybridized carbons (Fsp3) is 0.318. The van der Waals surface area contributed by atoms with Gasteiger partial charge in [-0.2, -0.15) is 0 Å². The van der Waals surface area contributed by atoms with Crippen LogP contribution in [0.3, 0.4) is 0 Å². The summed E-state index contributed by atoms with van der Waals surface area (Å²) in [5.41, 5.74) is 1.13. The van der Waals surface area contributed by atoms with Crippen molar-refractivity contribution in [3.05, 3.63) is 69.3 Å². The molecule has 0 radical (unpaired) electrons. The number of hydrogen-bond donors (Lipinski definition) is 1. The number of ketones is 1. The van der Waals surface area contributed by atoms with Crippen LogP contribution in [0.4, 0.5) is 11.4 Å². The van der Waals surface area contributed by atoms with E-state index in [9.17, 15) is 24.5 Å². The average Bonchev–Trinajstić information content (AvgIpc) is 2.72. The quantitative estimate of drug-likeness (QED) is 0.202. The van der Waals surface area contributed by atoms with Gasteiger partial charge in [0, 0.05) is 29.3 Å². The molecule has 0 heterocycles. The summed E-state index contributed by atoms with van der Waals surface area (Å²) in [5.74, 6) is -1.32. The van der Waals surface area contributed by atoms with E-state index in [1.54, 1.807) is 19.1 Å². The molecule has 2 rings (SSSR count). The molecule has 8 nitrogen and oxygen atoms in total. The smallest absolute Gasteiger partial charge is 0.338 e. The number of ether oxygens (including phenoxy) is 1. The Balaban J connectivity index is 1.90. The number of nitro groups is 1. The Labute approximate surface area is 174 Å². The second-order valence-electron chi connectivity index (χ2n) is 6.84. The zero-order chi connectivity index (χ0) is 22.1. The van der Waals surface area contributed by atoms with E-state index in [0.717, 1.165) is 25.3 Å². The summed E-state index contributed by atoms with van der Waals surface area (Å²) >= 11 is 0. The lowest BCUT2D eigenvalue weighted by molar-refractivity contribution is -0.385. The molecule has 0 saturated heterocycles. The highest BCUT2D eigenvalue weighted by atomic mass is 16.6. The van der Waals surface area contributed by atoms with E-state index in [1.165, 1.54) is 24.3 Å². The van der Waals surface area contributed by atoms with Crippen LogP contribution in [0.15, 0.2) is 42.5 Å². The molecule has 0 aliphatic carbocycles. The van der Waals surface area contributed by atoms with E-state index >= 15 is 0 Å². The molecule has 158 valence electrons. The first-order chi connectivity index (χ1) is 14.3. The fourth-order valence-electron chi connectivity index (χ4n) is 2.73. The SMILES string of the molecule is CCCCCC(=O)Nc1ccc(C(=O)COC(=O)c2ccc(C)c([N+](=O)[O-])c2)cc1. The number of Topliss-reactive ketones (excluding diaryl/α,β-unsaturated/α-hetero) is 1. The molecule has 2 aromatic rings. The standard InChI is InChI=1S/C22H24N2O6/c1-3-4-5-6-21(26)23-18-11-9-16(10-12-18)20(25)14-30-22(27)17-8-7-15(2)19(13-17)24(28)29/h7-13H,3-6,14H2,1-2H3,(H,23,26). The highest BCUT2D eigenvalue weighted by Gasteiger charge is 2.17. The number of aryl methyl sites for hydroxylation is 1. The normalized spacial score (nSPS) is 10.3. The molecule has 8 heteroatoms. The molecule has 0 fully saturated rings. The van der Waals surface area contributed by atoms with Crippen molar-refractivity contribution in [3.63, 3.8) is 0 Å². The van der Waals surface area contributed by atoms with Crippen molar-refractivity contribution in [2.45, 2.75) is 39.5 Å². The van der Waals surface area contributed by atoms with Crippen molar-refractivity contribution in [2.75, 3.05) is 11.9 Å². The maximum Gasteiger partial charge on any atom is 0.338 e. The monoisotopic (exact) mass is 412 g/mol. The number of amides is 1. The average molecular weight is 412 g/mol. The van der Waals surface area contributed by atoms with Crippen LogP contribution < -0.4 is 5.32 Å². The van der Waals surface area contributed by atoms with Gasteiger partial charge in [-0.1, -0.05) is 25.8 Å². The Bertz CT molecular complexity index is 937. The Kier molecular flexibility index (Phi) is 8.22. The predicted octanol–water partition coefficient (Wildman–Crippen LogP) is 4.46. The van der Waals surface area contributed by atoms with Crippen LogP contribution in [0.2, 0.25) is 0 Å². The van der Waals surface area contributed by atoms with Crippen molar-refractivity contribution < 1.29 is 24.0 Å². The third-order valence-corrected chi connectivity index (χ3v) is 4.47. The van der Waals surface area contributed by atoms with Gasteiger partial charge in [0.25, 0.3) is 5.69 Å². The van der Waals surface area contributed by atoms with Crippen LogP contribution >= 0.6 is 0 Å². The van der Waals surface area contributed by atoms with Crippen molar-refractivity contribution in [1.82, 2.24) is 0 Å². The van der Waals surface area contributed by atoms with E-state index < -0.39 is 23.3 Å². The molecule has 0 unspecified atom stereocenters. The molecule has 2 aromatic carbocycles. The molecule has 1 N–H and O–H groups in total. The minimum Gasteiger partial charge on any atom is -0.454 e. The van der Waals surface area contributed by atoms with Gasteiger partial charge >= 0.3 is 5.97 Å². The number of nitro benzene ring substituents is 1. The van der Waals surface area contributed by atoms with Gasteiger partial charge in [-0.05, 0) is 43.7 Å². The number of hydrogen-bond acceptors (Lipinski definition) is 6. The molecule has 0 spiro atoms. The topological polar surface area (TPSA) is 116 Å². The summed E-state index contributed by atoms with van der Waals surface area (Å²) in [6, 6.07) is 10.3. The number of nitrogens with zero attached hydrogens (tertiary/aromatic N) is 1. The van der Waals surface area contributed by atoms with Crippen LogP contribution in [-0.2, 0) is 9.53 Å². The van der Waals surface area contributed by atoms with Gasteiger partial charge in [0.15, 0.2) is 12.4 Å². The largest absolute Gasteiger partial charge is 0.454 e. The summed E-state index contributed by atoms with van der Waals surface area (Å²) in [6.07, 6.45) is 3.31. The van der Waals surface area contributed by atoms with Gasteiger partial charge in [-0.25, -0.2) is 4.79 Å². The molecule has 0 saturated carbocycles.